The maximum Gasteiger partial charge on any atom is 0.238 e. The van der Waals surface area contributed by atoms with Crippen molar-refractivity contribution in [2.75, 3.05) is 24.6 Å². The number of nitrogens with zero attached hydrogens (tertiary/aromatic N) is 2. The minimum Gasteiger partial charge on any atom is -0.397 e. The van der Waals surface area contributed by atoms with E-state index >= 15 is 0 Å². The molecular weight excluding hydrogens is 292 g/mol. The summed E-state index contributed by atoms with van der Waals surface area (Å²) in [6.45, 7) is 2.55. The highest BCUT2D eigenvalue weighted by Crippen LogP contribution is 2.22. The number of halogens is 1. The Hall–Kier alpha value is -2.05. The van der Waals surface area contributed by atoms with Crippen molar-refractivity contribution in [3.63, 3.8) is 0 Å². The van der Waals surface area contributed by atoms with Crippen molar-refractivity contribution < 1.29 is 9.32 Å². The monoisotopic (exact) mass is 308 g/mol. The summed E-state index contributed by atoms with van der Waals surface area (Å²) in [6.07, 6.45) is 0. The molecule has 0 aliphatic rings. The molecule has 2 aromatic rings. The molecule has 0 saturated heterocycles. The number of benzene rings is 1. The Morgan fingerprint density at radius 3 is 2.90 bits per heavy atom. The summed E-state index contributed by atoms with van der Waals surface area (Å²) in [5, 5.41) is 7.15. The SMILES string of the molecule is Cc1cc(CN(C)CC(=O)Nc2cc(Cl)ccc2N)no1. The first kappa shape index (κ1) is 15.3. The van der Waals surface area contributed by atoms with Crippen LogP contribution in [0.4, 0.5) is 11.4 Å². The van der Waals surface area contributed by atoms with Gasteiger partial charge in [-0.1, -0.05) is 16.8 Å². The molecule has 0 saturated carbocycles. The second-order valence-electron chi connectivity index (χ2n) is 4.88. The zero-order chi connectivity index (χ0) is 15.4. The van der Waals surface area contributed by atoms with Crippen LogP contribution in [-0.4, -0.2) is 29.6 Å². The highest BCUT2D eigenvalue weighted by atomic mass is 35.5. The number of likely N-dealkylation sites (N-methyl/N-ethyl adjacent to an activating group) is 1. The number of rotatable bonds is 5. The zero-order valence-electron chi connectivity index (χ0n) is 11.9. The van der Waals surface area contributed by atoms with Gasteiger partial charge in [-0.3, -0.25) is 9.69 Å². The van der Waals surface area contributed by atoms with Gasteiger partial charge in [-0.05, 0) is 32.2 Å². The second-order valence-corrected chi connectivity index (χ2v) is 5.32. The van der Waals surface area contributed by atoms with Gasteiger partial charge in [-0.15, -0.1) is 0 Å². The summed E-state index contributed by atoms with van der Waals surface area (Å²) >= 11 is 5.88. The lowest BCUT2D eigenvalue weighted by Gasteiger charge is -2.15. The molecule has 1 aromatic heterocycles. The number of nitrogens with two attached hydrogens (primary N) is 1. The molecule has 3 N–H and O–H groups in total. The molecule has 112 valence electrons. The Labute approximate surface area is 127 Å². The van der Waals surface area contributed by atoms with Gasteiger partial charge in [0.2, 0.25) is 5.91 Å². The molecular formula is C14H17ClN4O2. The van der Waals surface area contributed by atoms with Crippen molar-refractivity contribution in [2.45, 2.75) is 13.5 Å². The van der Waals surface area contributed by atoms with Crippen LogP contribution in [0.5, 0.6) is 0 Å². The Morgan fingerprint density at radius 1 is 1.48 bits per heavy atom. The molecule has 1 aromatic carbocycles. The predicted octanol–water partition coefficient (Wildman–Crippen LogP) is 2.29. The van der Waals surface area contributed by atoms with Crippen LogP contribution in [0.1, 0.15) is 11.5 Å². The van der Waals surface area contributed by atoms with Gasteiger partial charge >= 0.3 is 0 Å². The van der Waals surface area contributed by atoms with Gasteiger partial charge in [0, 0.05) is 17.6 Å². The normalized spacial score (nSPS) is 10.9. The third kappa shape index (κ3) is 4.47. The molecule has 0 bridgehead atoms. The van der Waals surface area contributed by atoms with Crippen LogP contribution in [0.3, 0.4) is 0 Å². The van der Waals surface area contributed by atoms with E-state index in [4.69, 9.17) is 21.9 Å². The first-order valence-corrected chi connectivity index (χ1v) is 6.77. The van der Waals surface area contributed by atoms with Crippen LogP contribution in [0.2, 0.25) is 5.02 Å². The topological polar surface area (TPSA) is 84.4 Å². The fraction of sp³-hybridized carbons (Fsp3) is 0.286. The first-order chi connectivity index (χ1) is 9.94. The minimum atomic E-state index is -0.174. The standard InChI is InChI=1S/C14H17ClN4O2/c1-9-5-11(18-21-9)7-19(2)8-14(20)17-13-6-10(15)3-4-12(13)16/h3-6H,7-8,16H2,1-2H3,(H,17,20). The van der Waals surface area contributed by atoms with Gasteiger partial charge in [-0.2, -0.15) is 0 Å². The van der Waals surface area contributed by atoms with Gasteiger partial charge < -0.3 is 15.6 Å². The number of nitrogens with one attached hydrogen (secondary N) is 1. The number of aromatic nitrogens is 1. The van der Waals surface area contributed by atoms with Crippen molar-refractivity contribution in [1.82, 2.24) is 10.1 Å². The summed E-state index contributed by atoms with van der Waals surface area (Å²) < 4.78 is 4.99. The average molecular weight is 309 g/mol. The fourth-order valence-electron chi connectivity index (χ4n) is 1.90. The van der Waals surface area contributed by atoms with Crippen LogP contribution >= 0.6 is 11.6 Å². The van der Waals surface area contributed by atoms with Crippen molar-refractivity contribution in [1.29, 1.82) is 0 Å². The number of nitrogen functional groups attached to an aromatic ring is 1. The average Bonchev–Trinajstić information content (AvgIpc) is 2.79. The Balaban J connectivity index is 1.90. The van der Waals surface area contributed by atoms with Crippen molar-refractivity contribution in [3.05, 3.63) is 40.7 Å². The van der Waals surface area contributed by atoms with Gasteiger partial charge in [0.15, 0.2) is 0 Å². The lowest BCUT2D eigenvalue weighted by Crippen LogP contribution is -2.30. The van der Waals surface area contributed by atoms with E-state index in [0.717, 1.165) is 11.5 Å². The highest BCUT2D eigenvalue weighted by Gasteiger charge is 2.11. The van der Waals surface area contributed by atoms with E-state index in [2.05, 4.69) is 10.5 Å². The molecule has 0 spiro atoms. The van der Waals surface area contributed by atoms with Crippen LogP contribution in [-0.2, 0) is 11.3 Å². The van der Waals surface area contributed by atoms with Gasteiger partial charge in [0.1, 0.15) is 5.76 Å². The summed E-state index contributed by atoms with van der Waals surface area (Å²) in [7, 11) is 1.82. The van der Waals surface area contributed by atoms with Gasteiger partial charge in [-0.25, -0.2) is 0 Å². The Morgan fingerprint density at radius 2 is 2.24 bits per heavy atom. The minimum absolute atomic E-state index is 0.174. The number of aryl methyl sites for hydroxylation is 1. The summed E-state index contributed by atoms with van der Waals surface area (Å²) in [6, 6.07) is 6.78. The van der Waals surface area contributed by atoms with E-state index in [9.17, 15) is 4.79 Å². The third-order valence-corrected chi connectivity index (χ3v) is 3.05. The molecule has 1 heterocycles. The third-order valence-electron chi connectivity index (χ3n) is 2.81. The number of hydrogen-bond acceptors (Lipinski definition) is 5. The quantitative estimate of drug-likeness (QED) is 0.828. The zero-order valence-corrected chi connectivity index (χ0v) is 12.6. The molecule has 6 nitrogen and oxygen atoms in total. The van der Waals surface area contributed by atoms with E-state index < -0.39 is 0 Å². The van der Waals surface area contributed by atoms with Crippen LogP contribution in [0.25, 0.3) is 0 Å². The molecule has 7 heteroatoms. The molecule has 0 unspecified atom stereocenters. The van der Waals surface area contributed by atoms with E-state index in [0.29, 0.717) is 22.9 Å². The van der Waals surface area contributed by atoms with E-state index in [1.165, 1.54) is 0 Å². The fourth-order valence-corrected chi connectivity index (χ4v) is 2.07. The first-order valence-electron chi connectivity index (χ1n) is 6.39. The largest absolute Gasteiger partial charge is 0.397 e. The molecule has 1 amide bonds. The van der Waals surface area contributed by atoms with Crippen molar-refractivity contribution in [3.8, 4) is 0 Å². The van der Waals surface area contributed by atoms with Gasteiger partial charge in [0.05, 0.1) is 23.6 Å². The number of carbonyl (C=O) groups excluding carboxylic acids is 1. The van der Waals surface area contributed by atoms with Crippen LogP contribution in [0, 0.1) is 6.92 Å². The number of anilines is 2. The lowest BCUT2D eigenvalue weighted by molar-refractivity contribution is -0.117. The van der Waals surface area contributed by atoms with E-state index in [1.54, 1.807) is 18.2 Å². The lowest BCUT2D eigenvalue weighted by atomic mass is 10.2. The van der Waals surface area contributed by atoms with E-state index in [-0.39, 0.29) is 12.5 Å². The number of carbonyl (C=O) groups is 1. The second kappa shape index (κ2) is 6.60. The highest BCUT2D eigenvalue weighted by molar-refractivity contribution is 6.31. The van der Waals surface area contributed by atoms with Crippen LogP contribution < -0.4 is 11.1 Å². The molecule has 0 aliphatic carbocycles. The Bertz CT molecular complexity index is 642. The molecule has 0 radical (unpaired) electrons. The smallest absolute Gasteiger partial charge is 0.238 e. The summed E-state index contributed by atoms with van der Waals surface area (Å²) in [4.78, 5) is 13.8. The van der Waals surface area contributed by atoms with Crippen LogP contribution in [0.15, 0.2) is 28.8 Å². The van der Waals surface area contributed by atoms with E-state index in [1.807, 2.05) is 24.9 Å². The molecule has 2 rings (SSSR count). The maximum absolute atomic E-state index is 12.0. The van der Waals surface area contributed by atoms with Crippen molar-refractivity contribution in [2.24, 2.45) is 0 Å². The maximum atomic E-state index is 12.0. The molecule has 0 aliphatic heterocycles. The summed E-state index contributed by atoms with van der Waals surface area (Å²) in [5.74, 6) is 0.571. The number of hydrogen-bond donors (Lipinski definition) is 2. The summed E-state index contributed by atoms with van der Waals surface area (Å²) in [5.41, 5.74) is 7.55. The molecule has 0 fully saturated rings. The predicted molar refractivity (Wildman–Crippen MR) is 82.1 cm³/mol. The number of amides is 1. The van der Waals surface area contributed by atoms with Crippen molar-refractivity contribution >= 4 is 28.9 Å². The Kier molecular flexibility index (Phi) is 4.82. The molecule has 21 heavy (non-hydrogen) atoms. The van der Waals surface area contributed by atoms with Gasteiger partial charge in [0.25, 0.3) is 0 Å². The molecule has 0 atom stereocenters.